The maximum atomic E-state index is 12.6. The van der Waals surface area contributed by atoms with Crippen LogP contribution in [-0.4, -0.2) is 22.8 Å². The number of rotatable bonds is 3. The fourth-order valence-corrected chi connectivity index (χ4v) is 3.98. The van der Waals surface area contributed by atoms with Gasteiger partial charge in [0.05, 0.1) is 11.6 Å². The Bertz CT molecular complexity index is 677. The third-order valence-electron chi connectivity index (χ3n) is 4.81. The molecule has 1 aromatic carbocycles. The lowest BCUT2D eigenvalue weighted by Gasteiger charge is -2.35. The van der Waals surface area contributed by atoms with Crippen molar-refractivity contribution in [3.63, 3.8) is 0 Å². The lowest BCUT2D eigenvalue weighted by molar-refractivity contribution is -0.117. The van der Waals surface area contributed by atoms with Gasteiger partial charge >= 0.3 is 0 Å². The molecule has 1 atom stereocenters. The minimum absolute atomic E-state index is 0.190. The molecule has 0 unspecified atom stereocenters. The van der Waals surface area contributed by atoms with E-state index in [-0.39, 0.29) is 17.3 Å². The summed E-state index contributed by atoms with van der Waals surface area (Å²) in [7, 11) is 0. The predicted octanol–water partition coefficient (Wildman–Crippen LogP) is 4.04. The Morgan fingerprint density at radius 1 is 1.26 bits per heavy atom. The average Bonchev–Trinajstić information content (AvgIpc) is 2.80. The van der Waals surface area contributed by atoms with Gasteiger partial charge in [0.2, 0.25) is 0 Å². The van der Waals surface area contributed by atoms with Gasteiger partial charge in [0.15, 0.2) is 11.5 Å². The number of hydrogen-bond acceptors (Lipinski definition) is 3. The molecule has 0 radical (unpaired) electrons. The number of Topliss-reactive ketones (excluding diaryl/α,β-unsaturated/α-hetero) is 1. The van der Waals surface area contributed by atoms with Crippen LogP contribution in [0.3, 0.4) is 0 Å². The molecule has 1 heterocycles. The van der Waals surface area contributed by atoms with E-state index in [1.54, 1.807) is 29.2 Å². The van der Waals surface area contributed by atoms with Crippen LogP contribution in [0, 0.1) is 5.92 Å². The van der Waals surface area contributed by atoms with Crippen LogP contribution in [0.5, 0.6) is 0 Å². The van der Waals surface area contributed by atoms with Crippen molar-refractivity contribution >= 4 is 29.0 Å². The summed E-state index contributed by atoms with van der Waals surface area (Å²) in [6.07, 6.45) is 5.27. The second kappa shape index (κ2) is 6.36. The molecule has 0 spiro atoms. The second-order valence-electron chi connectivity index (χ2n) is 6.32. The summed E-state index contributed by atoms with van der Waals surface area (Å²) in [6, 6.07) is 6.60. The highest BCUT2D eigenvalue weighted by Gasteiger charge is 2.46. The normalized spacial score (nSPS) is 22.8. The largest absolute Gasteiger partial charge is 0.503 e. The smallest absolute Gasteiger partial charge is 0.294 e. The van der Waals surface area contributed by atoms with Gasteiger partial charge in [-0.2, -0.15) is 0 Å². The molecule has 4 nitrogen and oxygen atoms in total. The first-order chi connectivity index (χ1) is 11.0. The van der Waals surface area contributed by atoms with Crippen LogP contribution < -0.4 is 4.90 Å². The Morgan fingerprint density at radius 2 is 1.96 bits per heavy atom. The minimum Gasteiger partial charge on any atom is -0.503 e. The quantitative estimate of drug-likeness (QED) is 0.908. The molecule has 1 amide bonds. The number of carbonyl (C=O) groups is 2. The third-order valence-corrected chi connectivity index (χ3v) is 5.05. The van der Waals surface area contributed by atoms with E-state index >= 15 is 0 Å². The van der Waals surface area contributed by atoms with E-state index < -0.39 is 17.7 Å². The summed E-state index contributed by atoms with van der Waals surface area (Å²) in [4.78, 5) is 26.2. The van der Waals surface area contributed by atoms with Gasteiger partial charge in [-0.05, 0) is 43.9 Å². The molecule has 0 aromatic heterocycles. The van der Waals surface area contributed by atoms with Crippen LogP contribution in [0.4, 0.5) is 5.69 Å². The minimum atomic E-state index is -0.506. The van der Waals surface area contributed by atoms with Crippen molar-refractivity contribution in [2.75, 3.05) is 4.90 Å². The topological polar surface area (TPSA) is 57.6 Å². The van der Waals surface area contributed by atoms with Crippen molar-refractivity contribution < 1.29 is 14.7 Å². The zero-order chi connectivity index (χ0) is 16.6. The molecule has 1 N–H and O–H groups in total. The lowest BCUT2D eigenvalue weighted by Crippen LogP contribution is -2.42. The first-order valence-electron chi connectivity index (χ1n) is 8.04. The van der Waals surface area contributed by atoms with E-state index in [1.807, 2.05) is 0 Å². The maximum absolute atomic E-state index is 12.6. The van der Waals surface area contributed by atoms with Crippen LogP contribution >= 0.6 is 11.6 Å². The number of hydrogen-bond donors (Lipinski definition) is 1. The third kappa shape index (κ3) is 2.88. The van der Waals surface area contributed by atoms with Gasteiger partial charge in [0.1, 0.15) is 0 Å². The van der Waals surface area contributed by atoms with Crippen molar-refractivity contribution in [1.82, 2.24) is 0 Å². The molecule has 1 aliphatic carbocycles. The Morgan fingerprint density at radius 3 is 2.57 bits per heavy atom. The van der Waals surface area contributed by atoms with Crippen molar-refractivity contribution in [1.29, 1.82) is 0 Å². The van der Waals surface area contributed by atoms with E-state index in [2.05, 4.69) is 0 Å². The zero-order valence-corrected chi connectivity index (χ0v) is 13.8. The zero-order valence-electron chi connectivity index (χ0n) is 13.1. The number of amides is 1. The SMILES string of the molecule is CC(=O)C1=C(O)C(=O)N(c2cccc(Cl)c2)[C@@H]1C1CCCCC1. The number of benzene rings is 1. The molecule has 0 bridgehead atoms. The monoisotopic (exact) mass is 333 g/mol. The first kappa shape index (κ1) is 16.1. The molecule has 0 saturated heterocycles. The Labute approximate surface area is 140 Å². The Hall–Kier alpha value is -1.81. The fourth-order valence-electron chi connectivity index (χ4n) is 3.80. The van der Waals surface area contributed by atoms with Gasteiger partial charge in [-0.15, -0.1) is 0 Å². The number of anilines is 1. The van der Waals surface area contributed by atoms with Crippen LogP contribution in [-0.2, 0) is 9.59 Å². The van der Waals surface area contributed by atoms with Crippen LogP contribution in [0.25, 0.3) is 0 Å². The molecule has 122 valence electrons. The summed E-state index contributed by atoms with van der Waals surface area (Å²) in [5.41, 5.74) is 0.878. The lowest BCUT2D eigenvalue weighted by atomic mass is 9.80. The maximum Gasteiger partial charge on any atom is 0.294 e. The summed E-state index contributed by atoms with van der Waals surface area (Å²) in [5, 5.41) is 10.8. The standard InChI is InChI=1S/C18H20ClNO3/c1-11(21)15-16(12-6-3-2-4-7-12)20(18(23)17(15)22)14-9-5-8-13(19)10-14/h5,8-10,12,16,22H,2-4,6-7H2,1H3/t16-/m1/s1. The molecule has 1 aliphatic heterocycles. The second-order valence-corrected chi connectivity index (χ2v) is 6.75. The average molecular weight is 334 g/mol. The highest BCUT2D eigenvalue weighted by atomic mass is 35.5. The number of carbonyl (C=O) groups excluding carboxylic acids is 2. The molecule has 1 saturated carbocycles. The molecular weight excluding hydrogens is 314 g/mol. The Balaban J connectivity index is 2.06. The van der Waals surface area contributed by atoms with Gasteiger partial charge in [-0.3, -0.25) is 14.5 Å². The van der Waals surface area contributed by atoms with Crippen molar-refractivity contribution in [3.8, 4) is 0 Å². The number of aliphatic hydroxyl groups is 1. The van der Waals surface area contributed by atoms with Crippen molar-refractivity contribution in [2.45, 2.75) is 45.1 Å². The molecule has 2 aliphatic rings. The molecule has 23 heavy (non-hydrogen) atoms. The number of halogens is 1. The summed E-state index contributed by atoms with van der Waals surface area (Å²) >= 11 is 6.06. The van der Waals surface area contributed by atoms with Gasteiger partial charge in [0, 0.05) is 10.7 Å². The van der Waals surface area contributed by atoms with Crippen molar-refractivity contribution in [3.05, 3.63) is 40.6 Å². The van der Waals surface area contributed by atoms with Gasteiger partial charge in [-0.1, -0.05) is 36.9 Å². The van der Waals surface area contributed by atoms with Crippen LogP contribution in [0.15, 0.2) is 35.6 Å². The van der Waals surface area contributed by atoms with Crippen LogP contribution in [0.1, 0.15) is 39.0 Å². The Kier molecular flexibility index (Phi) is 4.44. The van der Waals surface area contributed by atoms with Crippen LogP contribution in [0.2, 0.25) is 5.02 Å². The molecule has 1 aromatic rings. The predicted molar refractivity (Wildman–Crippen MR) is 89.6 cm³/mol. The van der Waals surface area contributed by atoms with Gasteiger partial charge in [0.25, 0.3) is 5.91 Å². The molecular formula is C18H20ClNO3. The number of ketones is 1. The molecule has 3 rings (SSSR count). The highest BCUT2D eigenvalue weighted by Crippen LogP contribution is 2.40. The number of aliphatic hydroxyl groups excluding tert-OH is 1. The number of nitrogens with zero attached hydrogens (tertiary/aromatic N) is 1. The van der Waals surface area contributed by atoms with Gasteiger partial charge in [-0.25, -0.2) is 0 Å². The fraction of sp³-hybridized carbons (Fsp3) is 0.444. The van der Waals surface area contributed by atoms with E-state index in [9.17, 15) is 14.7 Å². The van der Waals surface area contributed by atoms with Crippen molar-refractivity contribution in [2.24, 2.45) is 5.92 Å². The van der Waals surface area contributed by atoms with E-state index in [1.165, 1.54) is 13.3 Å². The highest BCUT2D eigenvalue weighted by molar-refractivity contribution is 6.31. The summed E-state index contributed by atoms with van der Waals surface area (Å²) in [5.74, 6) is -0.965. The first-order valence-corrected chi connectivity index (χ1v) is 8.41. The molecule has 1 fully saturated rings. The summed E-state index contributed by atoms with van der Waals surface area (Å²) < 4.78 is 0. The van der Waals surface area contributed by atoms with E-state index in [0.717, 1.165) is 25.7 Å². The summed E-state index contributed by atoms with van der Waals surface area (Å²) in [6.45, 7) is 1.41. The van der Waals surface area contributed by atoms with E-state index in [0.29, 0.717) is 10.7 Å². The van der Waals surface area contributed by atoms with E-state index in [4.69, 9.17) is 11.6 Å². The van der Waals surface area contributed by atoms with Gasteiger partial charge < -0.3 is 5.11 Å². The molecule has 5 heteroatoms.